The van der Waals surface area contributed by atoms with Gasteiger partial charge in [0.25, 0.3) is 0 Å². The minimum Gasteiger partial charge on any atom is -0.263 e. The Morgan fingerprint density at radius 2 is 1.88 bits per heavy atom. The van der Waals surface area contributed by atoms with E-state index in [1.54, 1.807) is 37.3 Å². The normalized spacial score (nSPS) is 11.1. The van der Waals surface area contributed by atoms with Crippen LogP contribution >= 0.6 is 11.6 Å². The minimum absolute atomic E-state index is 0.0887. The number of halogens is 1. The summed E-state index contributed by atoms with van der Waals surface area (Å²) in [6, 6.07) is 10.9. The number of sulfone groups is 1. The third kappa shape index (κ3) is 4.55. The maximum absolute atomic E-state index is 12.9. The highest BCUT2D eigenvalue weighted by Gasteiger charge is 2.28. The Bertz CT molecular complexity index is 912. The lowest BCUT2D eigenvalue weighted by Gasteiger charge is -2.14. The molecule has 0 aromatic heterocycles. The van der Waals surface area contributed by atoms with E-state index in [4.69, 9.17) is 11.6 Å². The van der Waals surface area contributed by atoms with Gasteiger partial charge in [0.2, 0.25) is 0 Å². The van der Waals surface area contributed by atoms with Crippen LogP contribution in [-0.2, 0) is 26.8 Å². The van der Waals surface area contributed by atoms with E-state index in [9.17, 15) is 23.3 Å². The second-order valence-corrected chi connectivity index (χ2v) is 7.51. The average Bonchev–Trinajstić information content (AvgIpc) is 2.53. The number of carbonyl (C=O) groups excluding carboxylic acids is 1. The van der Waals surface area contributed by atoms with Gasteiger partial charge in [0.05, 0.1) is 16.2 Å². The first kappa shape index (κ1) is 18.9. The summed E-state index contributed by atoms with van der Waals surface area (Å²) >= 11 is 5.92. The van der Waals surface area contributed by atoms with Gasteiger partial charge in [0, 0.05) is 5.02 Å². The number of aryl methyl sites for hydroxylation is 1. The van der Waals surface area contributed by atoms with Crippen molar-refractivity contribution in [1.82, 2.24) is 0 Å². The van der Waals surface area contributed by atoms with Crippen molar-refractivity contribution in [3.8, 4) is 0 Å². The molecule has 2 rings (SSSR count). The van der Waals surface area contributed by atoms with Crippen LogP contribution in [0.15, 0.2) is 47.4 Å². The fourth-order valence-corrected chi connectivity index (χ4v) is 4.51. The van der Waals surface area contributed by atoms with E-state index in [2.05, 4.69) is 4.84 Å². The summed E-state index contributed by atoms with van der Waals surface area (Å²) in [6.45, 7) is 1.69. The number of hydrogen-bond acceptors (Lipinski definition) is 6. The maximum atomic E-state index is 12.9. The van der Waals surface area contributed by atoms with E-state index < -0.39 is 26.5 Å². The molecular weight excluding hydrogens is 370 g/mol. The number of benzene rings is 2. The molecule has 0 saturated heterocycles. The molecule has 7 nitrogen and oxygen atoms in total. The first-order valence-electron chi connectivity index (χ1n) is 7.20. The van der Waals surface area contributed by atoms with Crippen LogP contribution in [0, 0.1) is 10.1 Å². The van der Waals surface area contributed by atoms with E-state index in [1.165, 1.54) is 6.07 Å². The van der Waals surface area contributed by atoms with Gasteiger partial charge >= 0.3 is 11.1 Å². The highest BCUT2D eigenvalue weighted by Crippen LogP contribution is 2.29. The molecule has 0 aliphatic carbocycles. The van der Waals surface area contributed by atoms with Crippen LogP contribution in [0.2, 0.25) is 5.02 Å². The van der Waals surface area contributed by atoms with Crippen molar-refractivity contribution in [2.24, 2.45) is 0 Å². The van der Waals surface area contributed by atoms with Crippen molar-refractivity contribution in [1.29, 1.82) is 0 Å². The second kappa shape index (κ2) is 7.62. The molecule has 0 aliphatic rings. The van der Waals surface area contributed by atoms with Crippen LogP contribution in [0.25, 0.3) is 0 Å². The van der Waals surface area contributed by atoms with Gasteiger partial charge in [-0.2, -0.15) is 0 Å². The SMILES string of the molecule is CCc1cc(Cl)cc(C(=O)O[N+](=O)[O-])c1S(=O)(=O)Cc1ccccc1. The standard InChI is InChI=1S/C16H14ClNO6S/c1-2-12-8-13(17)9-14(16(19)24-18(20)21)15(12)25(22,23)10-11-6-4-3-5-7-11/h3-9H,2,10H2,1H3. The number of nitrogens with zero attached hydrogens (tertiary/aromatic N) is 1. The third-order valence-electron chi connectivity index (χ3n) is 3.40. The smallest absolute Gasteiger partial charge is 0.263 e. The summed E-state index contributed by atoms with van der Waals surface area (Å²) < 4.78 is 25.8. The zero-order chi connectivity index (χ0) is 18.6. The third-order valence-corrected chi connectivity index (χ3v) is 5.44. The zero-order valence-electron chi connectivity index (χ0n) is 13.1. The Labute approximate surface area is 149 Å². The Morgan fingerprint density at radius 3 is 2.44 bits per heavy atom. The van der Waals surface area contributed by atoms with Crippen LogP contribution < -0.4 is 0 Å². The van der Waals surface area contributed by atoms with E-state index in [0.29, 0.717) is 11.1 Å². The van der Waals surface area contributed by atoms with Gasteiger partial charge < -0.3 is 0 Å². The van der Waals surface area contributed by atoms with E-state index in [0.717, 1.165) is 6.07 Å². The predicted molar refractivity (Wildman–Crippen MR) is 90.6 cm³/mol. The maximum Gasteiger partial charge on any atom is 0.335 e. The van der Waals surface area contributed by atoms with E-state index in [-0.39, 0.29) is 22.1 Å². The van der Waals surface area contributed by atoms with Crippen LogP contribution in [0.1, 0.15) is 28.4 Å². The highest BCUT2D eigenvalue weighted by molar-refractivity contribution is 7.90. The van der Waals surface area contributed by atoms with Gasteiger partial charge in [-0.05, 0) is 29.7 Å². The molecule has 0 bridgehead atoms. The Kier molecular flexibility index (Phi) is 5.76. The van der Waals surface area contributed by atoms with Gasteiger partial charge in [-0.15, -0.1) is 10.1 Å². The molecule has 9 heteroatoms. The summed E-state index contributed by atoms with van der Waals surface area (Å²) in [5.74, 6) is -1.74. The number of carbonyl (C=O) groups is 1. The van der Waals surface area contributed by atoms with E-state index >= 15 is 0 Å². The molecule has 2 aromatic rings. The van der Waals surface area contributed by atoms with Crippen molar-refractivity contribution in [3.05, 3.63) is 74.3 Å². The molecule has 0 N–H and O–H groups in total. The molecule has 0 saturated carbocycles. The van der Waals surface area contributed by atoms with Crippen LogP contribution in [0.4, 0.5) is 0 Å². The molecule has 0 atom stereocenters. The molecule has 132 valence electrons. The van der Waals surface area contributed by atoms with Crippen molar-refractivity contribution >= 4 is 27.4 Å². The summed E-state index contributed by atoms with van der Waals surface area (Å²) in [4.78, 5) is 26.1. The summed E-state index contributed by atoms with van der Waals surface area (Å²) in [5, 5.41) is 9.25. The van der Waals surface area contributed by atoms with Gasteiger partial charge in [0.15, 0.2) is 9.84 Å². The molecule has 0 unspecified atom stereocenters. The Morgan fingerprint density at radius 1 is 1.24 bits per heavy atom. The first-order valence-corrected chi connectivity index (χ1v) is 9.23. The Balaban J connectivity index is 2.61. The number of rotatable bonds is 6. The lowest BCUT2D eigenvalue weighted by Crippen LogP contribution is -2.18. The molecule has 25 heavy (non-hydrogen) atoms. The predicted octanol–water partition coefficient (Wildman–Crippen LogP) is 3.22. The molecule has 0 amide bonds. The van der Waals surface area contributed by atoms with Gasteiger partial charge in [-0.3, -0.25) is 4.79 Å². The lowest BCUT2D eigenvalue weighted by atomic mass is 10.1. The fraction of sp³-hybridized carbons (Fsp3) is 0.188. The molecule has 0 radical (unpaired) electrons. The van der Waals surface area contributed by atoms with Gasteiger partial charge in [0.1, 0.15) is 0 Å². The van der Waals surface area contributed by atoms with E-state index in [1.807, 2.05) is 0 Å². The number of hydrogen-bond donors (Lipinski definition) is 0. The average molecular weight is 384 g/mol. The van der Waals surface area contributed by atoms with Crippen LogP contribution in [-0.4, -0.2) is 19.5 Å². The summed E-state index contributed by atoms with van der Waals surface area (Å²) in [6.07, 6.45) is 0.267. The summed E-state index contributed by atoms with van der Waals surface area (Å²) in [5.41, 5.74) is 0.365. The van der Waals surface area contributed by atoms with Gasteiger partial charge in [-0.25, -0.2) is 13.3 Å². The molecule has 2 aromatic carbocycles. The first-order chi connectivity index (χ1) is 11.7. The fourth-order valence-electron chi connectivity index (χ4n) is 2.41. The van der Waals surface area contributed by atoms with Crippen molar-refractivity contribution in [2.75, 3.05) is 0 Å². The Hall–Kier alpha value is -2.45. The van der Waals surface area contributed by atoms with Crippen molar-refractivity contribution in [2.45, 2.75) is 24.0 Å². The highest BCUT2D eigenvalue weighted by atomic mass is 35.5. The molecule has 0 fully saturated rings. The lowest BCUT2D eigenvalue weighted by molar-refractivity contribution is -0.727. The summed E-state index contributed by atoms with van der Waals surface area (Å²) in [7, 11) is -3.97. The monoisotopic (exact) mass is 383 g/mol. The van der Waals surface area contributed by atoms with Gasteiger partial charge in [-0.1, -0.05) is 48.9 Å². The van der Waals surface area contributed by atoms with Crippen molar-refractivity contribution in [3.63, 3.8) is 0 Å². The molecule has 0 aliphatic heterocycles. The molecule has 0 heterocycles. The topological polar surface area (TPSA) is 104 Å². The molecular formula is C16H14ClNO6S. The van der Waals surface area contributed by atoms with Crippen molar-refractivity contribution < 1.29 is 23.1 Å². The quantitative estimate of drug-likeness (QED) is 0.560. The minimum atomic E-state index is -3.97. The molecule has 0 spiro atoms. The second-order valence-electron chi connectivity index (χ2n) is 5.14. The van der Waals surface area contributed by atoms with Crippen LogP contribution in [0.5, 0.6) is 0 Å². The largest absolute Gasteiger partial charge is 0.335 e. The van der Waals surface area contributed by atoms with Crippen LogP contribution in [0.3, 0.4) is 0 Å². The zero-order valence-corrected chi connectivity index (χ0v) is 14.7.